The van der Waals surface area contributed by atoms with Crippen molar-refractivity contribution in [3.63, 3.8) is 0 Å². The van der Waals surface area contributed by atoms with Gasteiger partial charge >= 0.3 is 0 Å². The van der Waals surface area contributed by atoms with Gasteiger partial charge in [-0.2, -0.15) is 0 Å². The van der Waals surface area contributed by atoms with E-state index in [1.54, 1.807) is 0 Å². The second kappa shape index (κ2) is 17.8. The van der Waals surface area contributed by atoms with Crippen molar-refractivity contribution in [3.8, 4) is 22.3 Å². The van der Waals surface area contributed by atoms with E-state index in [9.17, 15) is 0 Å². The Morgan fingerprint density at radius 1 is 0.453 bits per heavy atom. The molecule has 0 radical (unpaired) electrons. The van der Waals surface area contributed by atoms with Crippen LogP contribution in [0.4, 0.5) is 0 Å². The number of unbranched alkanes of at least 4 members (excludes halogenated alkanes) is 1. The largest absolute Gasteiger partial charge is 0.370 e. The van der Waals surface area contributed by atoms with E-state index in [0.29, 0.717) is 51.9 Å². The fraction of sp³-hybridized carbons (Fsp3) is 0.300. The molecule has 278 valence electrons. The number of fused-ring (bicyclic) bond motifs is 3. The van der Waals surface area contributed by atoms with Crippen LogP contribution in [0.25, 0.3) is 44.1 Å². The van der Waals surface area contributed by atoms with Crippen LogP contribution in [0.15, 0.2) is 92.8 Å². The van der Waals surface area contributed by atoms with E-state index in [1.165, 1.54) is 21.8 Å². The SMILES string of the molecule is CCCCn1c2cc(-c3cc(CCN=C(N)N)cc(CCN=C(N)N)c3)ccc2c2ccc(-c3cc(CCN=C(N)N)cc(CCN=C(N)N)c3)cc21. The molecule has 0 aliphatic carbocycles. The maximum absolute atomic E-state index is 5.61. The molecule has 13 nitrogen and oxygen atoms in total. The third-order valence-electron chi connectivity index (χ3n) is 9.15. The van der Waals surface area contributed by atoms with Crippen LogP contribution >= 0.6 is 0 Å². The molecule has 5 rings (SSSR count). The highest BCUT2D eigenvalue weighted by atomic mass is 15.0. The minimum Gasteiger partial charge on any atom is -0.370 e. The molecule has 0 unspecified atom stereocenters. The number of hydrogen-bond donors (Lipinski definition) is 8. The molecule has 4 aromatic carbocycles. The molecule has 0 saturated carbocycles. The van der Waals surface area contributed by atoms with Crippen molar-refractivity contribution >= 4 is 45.6 Å². The molecule has 0 aliphatic heterocycles. The lowest BCUT2D eigenvalue weighted by molar-refractivity contribution is 0.665. The van der Waals surface area contributed by atoms with Gasteiger partial charge in [0.2, 0.25) is 0 Å². The normalized spacial score (nSPS) is 11.0. The Morgan fingerprint density at radius 3 is 1.09 bits per heavy atom. The highest BCUT2D eigenvalue weighted by Gasteiger charge is 2.15. The van der Waals surface area contributed by atoms with E-state index in [4.69, 9.17) is 45.9 Å². The van der Waals surface area contributed by atoms with E-state index in [2.05, 4.69) is 104 Å². The molecule has 1 heterocycles. The minimum atomic E-state index is 0.0847. The van der Waals surface area contributed by atoms with Crippen molar-refractivity contribution in [3.05, 3.63) is 95.1 Å². The van der Waals surface area contributed by atoms with Crippen LogP contribution in [0.2, 0.25) is 0 Å². The Labute approximate surface area is 310 Å². The molecule has 16 N–H and O–H groups in total. The first-order valence-electron chi connectivity index (χ1n) is 18.0. The molecular weight excluding hydrogens is 663 g/mol. The van der Waals surface area contributed by atoms with Crippen LogP contribution in [0.1, 0.15) is 42.0 Å². The molecule has 0 saturated heterocycles. The van der Waals surface area contributed by atoms with Gasteiger partial charge < -0.3 is 50.4 Å². The molecule has 0 bridgehead atoms. The van der Waals surface area contributed by atoms with Gasteiger partial charge in [-0.3, -0.25) is 20.0 Å². The van der Waals surface area contributed by atoms with Gasteiger partial charge in [0.15, 0.2) is 23.8 Å². The van der Waals surface area contributed by atoms with Crippen molar-refractivity contribution in [2.75, 3.05) is 26.2 Å². The van der Waals surface area contributed by atoms with Gasteiger partial charge in [0.25, 0.3) is 0 Å². The van der Waals surface area contributed by atoms with Crippen LogP contribution in [0.3, 0.4) is 0 Å². The summed E-state index contributed by atoms with van der Waals surface area (Å²) in [5.41, 5.74) is 56.3. The van der Waals surface area contributed by atoms with E-state index in [1.807, 2.05) is 0 Å². The van der Waals surface area contributed by atoms with Crippen LogP contribution in [-0.2, 0) is 32.2 Å². The summed E-state index contributed by atoms with van der Waals surface area (Å²) in [5, 5.41) is 2.43. The number of benzene rings is 4. The predicted molar refractivity (Wildman–Crippen MR) is 223 cm³/mol. The maximum Gasteiger partial charge on any atom is 0.185 e. The molecule has 0 fully saturated rings. The standard InChI is InChI=1S/C40H53N13/c1-2-3-16-53-35-23-29(31-19-25(8-12-49-37(41)42)17-26(20-31)9-13-50-38(43)44)4-6-33(35)34-7-5-30(24-36(34)53)32-21-27(10-14-51-39(45)46)18-28(22-32)11-15-52-40(47)48/h4-7,17-24H,2-3,8-16H2,1H3,(H4,41,42,49)(H4,43,44,50)(H4,45,46,51)(H4,47,48,52). The van der Waals surface area contributed by atoms with E-state index in [-0.39, 0.29) is 23.8 Å². The number of guanidine groups is 4. The topological polar surface area (TPSA) is 263 Å². The number of aliphatic imine (C=N–C) groups is 4. The van der Waals surface area contributed by atoms with E-state index < -0.39 is 0 Å². The second-order valence-corrected chi connectivity index (χ2v) is 13.3. The molecule has 5 aromatic rings. The van der Waals surface area contributed by atoms with Gasteiger partial charge in [-0.25, -0.2) is 0 Å². The average molecular weight is 716 g/mol. The zero-order valence-corrected chi connectivity index (χ0v) is 30.6. The maximum atomic E-state index is 5.61. The summed E-state index contributed by atoms with van der Waals surface area (Å²) in [4.78, 5) is 16.8. The monoisotopic (exact) mass is 715 g/mol. The molecule has 53 heavy (non-hydrogen) atoms. The Hall–Kier alpha value is -6.24. The van der Waals surface area contributed by atoms with E-state index >= 15 is 0 Å². The number of hydrogen-bond acceptors (Lipinski definition) is 4. The molecule has 13 heteroatoms. The number of aryl methyl sites for hydroxylation is 1. The summed E-state index contributed by atoms with van der Waals surface area (Å²) in [6.07, 6.45) is 4.94. The summed E-state index contributed by atoms with van der Waals surface area (Å²) in [6, 6.07) is 26.7. The lowest BCUT2D eigenvalue weighted by atomic mass is 9.95. The Kier molecular flexibility index (Phi) is 12.8. The van der Waals surface area contributed by atoms with Crippen LogP contribution in [-0.4, -0.2) is 54.6 Å². The summed E-state index contributed by atoms with van der Waals surface area (Å²) >= 11 is 0. The summed E-state index contributed by atoms with van der Waals surface area (Å²) in [7, 11) is 0. The summed E-state index contributed by atoms with van der Waals surface area (Å²) in [6.45, 7) is 5.13. The zero-order valence-electron chi connectivity index (χ0n) is 30.6. The Balaban J connectivity index is 1.59. The molecular formula is C40H53N13. The quantitative estimate of drug-likeness (QED) is 0.0522. The fourth-order valence-electron chi connectivity index (χ4n) is 6.70. The van der Waals surface area contributed by atoms with Crippen LogP contribution in [0.5, 0.6) is 0 Å². The first kappa shape index (κ1) is 38.0. The first-order chi connectivity index (χ1) is 25.5. The van der Waals surface area contributed by atoms with Crippen molar-refractivity contribution in [2.45, 2.75) is 52.0 Å². The first-order valence-corrected chi connectivity index (χ1v) is 18.0. The van der Waals surface area contributed by atoms with Gasteiger partial charge in [0.05, 0.1) is 0 Å². The number of nitrogens with two attached hydrogens (primary N) is 8. The highest BCUT2D eigenvalue weighted by Crippen LogP contribution is 2.36. The van der Waals surface area contributed by atoms with Crippen molar-refractivity contribution in [2.24, 2.45) is 65.8 Å². The third-order valence-corrected chi connectivity index (χ3v) is 9.15. The Bertz CT molecular complexity index is 1930. The third kappa shape index (κ3) is 10.4. The Morgan fingerprint density at radius 2 is 0.792 bits per heavy atom. The van der Waals surface area contributed by atoms with Gasteiger partial charge in [-0.05, 0) is 88.7 Å². The summed E-state index contributed by atoms with van der Waals surface area (Å²) in [5.74, 6) is 0.339. The molecule has 0 spiro atoms. The highest BCUT2D eigenvalue weighted by molar-refractivity contribution is 6.10. The summed E-state index contributed by atoms with van der Waals surface area (Å²) < 4.78 is 2.46. The van der Waals surface area contributed by atoms with Gasteiger partial charge in [-0.15, -0.1) is 0 Å². The smallest absolute Gasteiger partial charge is 0.185 e. The van der Waals surface area contributed by atoms with Crippen molar-refractivity contribution < 1.29 is 0 Å². The fourth-order valence-corrected chi connectivity index (χ4v) is 6.70. The number of aromatic nitrogens is 1. The van der Waals surface area contributed by atoms with Crippen molar-refractivity contribution in [1.29, 1.82) is 0 Å². The van der Waals surface area contributed by atoms with Crippen molar-refractivity contribution in [1.82, 2.24) is 4.57 Å². The molecule has 0 aliphatic rings. The number of rotatable bonds is 17. The predicted octanol–water partition coefficient (Wildman–Crippen LogP) is 3.19. The van der Waals surface area contributed by atoms with E-state index in [0.717, 1.165) is 63.9 Å². The van der Waals surface area contributed by atoms with Gasteiger partial charge in [0, 0.05) is 54.5 Å². The molecule has 0 atom stereocenters. The lowest BCUT2D eigenvalue weighted by Crippen LogP contribution is -2.23. The zero-order chi connectivity index (χ0) is 37.9. The van der Waals surface area contributed by atoms with Crippen LogP contribution in [0, 0.1) is 0 Å². The molecule has 1 aromatic heterocycles. The van der Waals surface area contributed by atoms with Crippen LogP contribution < -0.4 is 45.9 Å². The lowest BCUT2D eigenvalue weighted by Gasteiger charge is -2.12. The second-order valence-electron chi connectivity index (χ2n) is 13.3. The average Bonchev–Trinajstić information content (AvgIpc) is 3.42. The molecule has 0 amide bonds. The number of nitrogens with zero attached hydrogens (tertiary/aromatic N) is 5. The minimum absolute atomic E-state index is 0.0847. The van der Waals surface area contributed by atoms with Gasteiger partial charge in [0.1, 0.15) is 0 Å². The van der Waals surface area contributed by atoms with Gasteiger partial charge in [-0.1, -0.05) is 74.0 Å².